The fourth-order valence-electron chi connectivity index (χ4n) is 2.05. The van der Waals surface area contributed by atoms with Gasteiger partial charge in [0.15, 0.2) is 5.82 Å². The van der Waals surface area contributed by atoms with Gasteiger partial charge in [-0.25, -0.2) is 4.68 Å². The molecule has 0 spiro atoms. The third-order valence-electron chi connectivity index (χ3n) is 3.29. The summed E-state index contributed by atoms with van der Waals surface area (Å²) in [4.78, 5) is 12.2. The van der Waals surface area contributed by atoms with Gasteiger partial charge in [-0.05, 0) is 38.1 Å². The smallest absolute Gasteiger partial charge is 0.255 e. The van der Waals surface area contributed by atoms with Gasteiger partial charge in [0, 0.05) is 5.56 Å². The SMILES string of the molecule is Cc1ccc(-n2ncc(NC(=O)c3ccccc3)c2C)nn1. The van der Waals surface area contributed by atoms with Crippen LogP contribution in [-0.2, 0) is 0 Å². The quantitative estimate of drug-likeness (QED) is 0.805. The van der Waals surface area contributed by atoms with Crippen LogP contribution in [0.25, 0.3) is 5.82 Å². The molecule has 0 saturated carbocycles. The van der Waals surface area contributed by atoms with E-state index in [0.717, 1.165) is 11.4 Å². The zero-order valence-electron chi connectivity index (χ0n) is 12.3. The van der Waals surface area contributed by atoms with Gasteiger partial charge in [0.1, 0.15) is 0 Å². The van der Waals surface area contributed by atoms with Crippen LogP contribution < -0.4 is 5.32 Å². The summed E-state index contributed by atoms with van der Waals surface area (Å²) in [7, 11) is 0. The molecule has 1 aromatic carbocycles. The van der Waals surface area contributed by atoms with Crippen LogP contribution in [0.1, 0.15) is 21.7 Å². The van der Waals surface area contributed by atoms with E-state index in [9.17, 15) is 4.79 Å². The number of nitrogens with one attached hydrogen (secondary N) is 1. The van der Waals surface area contributed by atoms with Crippen molar-refractivity contribution in [1.29, 1.82) is 0 Å². The van der Waals surface area contributed by atoms with Crippen LogP contribution >= 0.6 is 0 Å². The summed E-state index contributed by atoms with van der Waals surface area (Å²) in [5.41, 5.74) is 2.88. The van der Waals surface area contributed by atoms with Crippen LogP contribution in [0.2, 0.25) is 0 Å². The van der Waals surface area contributed by atoms with E-state index in [2.05, 4.69) is 20.6 Å². The number of anilines is 1. The second kappa shape index (κ2) is 5.77. The Morgan fingerprint density at radius 1 is 1.05 bits per heavy atom. The van der Waals surface area contributed by atoms with E-state index in [1.54, 1.807) is 23.0 Å². The van der Waals surface area contributed by atoms with Gasteiger partial charge in [-0.15, -0.1) is 5.10 Å². The number of amides is 1. The minimum Gasteiger partial charge on any atom is -0.319 e. The molecule has 0 radical (unpaired) electrons. The highest BCUT2D eigenvalue weighted by atomic mass is 16.1. The molecular formula is C16H15N5O. The Bertz CT molecular complexity index is 793. The zero-order valence-corrected chi connectivity index (χ0v) is 12.3. The summed E-state index contributed by atoms with van der Waals surface area (Å²) < 4.78 is 1.65. The highest BCUT2D eigenvalue weighted by molar-refractivity contribution is 6.04. The predicted octanol–water partition coefficient (Wildman–Crippen LogP) is 2.53. The summed E-state index contributed by atoms with van der Waals surface area (Å²) in [5.74, 6) is 0.446. The third kappa shape index (κ3) is 2.71. The Balaban J connectivity index is 1.85. The van der Waals surface area contributed by atoms with Crippen molar-refractivity contribution in [1.82, 2.24) is 20.0 Å². The molecule has 22 heavy (non-hydrogen) atoms. The van der Waals surface area contributed by atoms with Crippen molar-refractivity contribution in [3.63, 3.8) is 0 Å². The predicted molar refractivity (Wildman–Crippen MR) is 83.0 cm³/mol. The summed E-state index contributed by atoms with van der Waals surface area (Å²) in [6, 6.07) is 12.8. The van der Waals surface area contributed by atoms with Gasteiger partial charge in [-0.2, -0.15) is 10.2 Å². The van der Waals surface area contributed by atoms with Crippen molar-refractivity contribution in [2.24, 2.45) is 0 Å². The van der Waals surface area contributed by atoms with E-state index >= 15 is 0 Å². The molecule has 110 valence electrons. The number of hydrogen-bond donors (Lipinski definition) is 1. The molecule has 6 nitrogen and oxygen atoms in total. The van der Waals surface area contributed by atoms with E-state index in [1.165, 1.54) is 0 Å². The van der Waals surface area contributed by atoms with E-state index in [4.69, 9.17) is 0 Å². The van der Waals surface area contributed by atoms with Crippen molar-refractivity contribution >= 4 is 11.6 Å². The first-order valence-corrected chi connectivity index (χ1v) is 6.87. The fourth-order valence-corrected chi connectivity index (χ4v) is 2.05. The summed E-state index contributed by atoms with van der Waals surface area (Å²) in [6.45, 7) is 3.74. The van der Waals surface area contributed by atoms with Gasteiger partial charge >= 0.3 is 0 Å². The maximum atomic E-state index is 12.2. The van der Waals surface area contributed by atoms with E-state index in [-0.39, 0.29) is 5.91 Å². The minimum atomic E-state index is -0.168. The molecule has 0 aliphatic heterocycles. The Hall–Kier alpha value is -3.02. The molecule has 2 heterocycles. The van der Waals surface area contributed by atoms with Gasteiger partial charge in [0.2, 0.25) is 0 Å². The number of aryl methyl sites for hydroxylation is 1. The van der Waals surface area contributed by atoms with Crippen LogP contribution in [0.15, 0.2) is 48.7 Å². The molecule has 0 unspecified atom stereocenters. The van der Waals surface area contributed by atoms with Crippen LogP contribution in [-0.4, -0.2) is 25.9 Å². The molecule has 1 amide bonds. The van der Waals surface area contributed by atoms with E-state index in [0.29, 0.717) is 17.1 Å². The van der Waals surface area contributed by atoms with E-state index in [1.807, 2.05) is 44.2 Å². The Kier molecular flexibility index (Phi) is 3.65. The van der Waals surface area contributed by atoms with Crippen molar-refractivity contribution in [2.75, 3.05) is 5.32 Å². The zero-order chi connectivity index (χ0) is 15.5. The van der Waals surface area contributed by atoms with Gasteiger partial charge in [0.05, 0.1) is 23.3 Å². The third-order valence-corrected chi connectivity index (χ3v) is 3.29. The first-order chi connectivity index (χ1) is 10.6. The van der Waals surface area contributed by atoms with Gasteiger partial charge in [-0.3, -0.25) is 4.79 Å². The maximum Gasteiger partial charge on any atom is 0.255 e. The molecule has 0 bridgehead atoms. The molecule has 3 rings (SSSR count). The van der Waals surface area contributed by atoms with Gasteiger partial charge in [0.25, 0.3) is 5.91 Å². The molecule has 0 fully saturated rings. The summed E-state index contributed by atoms with van der Waals surface area (Å²) in [6.07, 6.45) is 1.61. The van der Waals surface area contributed by atoms with Crippen LogP contribution in [0.4, 0.5) is 5.69 Å². The minimum absolute atomic E-state index is 0.168. The summed E-state index contributed by atoms with van der Waals surface area (Å²) in [5, 5.41) is 15.2. The van der Waals surface area contributed by atoms with Crippen molar-refractivity contribution in [3.05, 3.63) is 65.6 Å². The second-order valence-corrected chi connectivity index (χ2v) is 4.91. The number of hydrogen-bond acceptors (Lipinski definition) is 4. The highest BCUT2D eigenvalue weighted by Gasteiger charge is 2.12. The molecule has 0 aliphatic carbocycles. The molecular weight excluding hydrogens is 278 g/mol. The molecule has 0 saturated heterocycles. The number of carbonyl (C=O) groups is 1. The molecule has 2 aromatic heterocycles. The fraction of sp³-hybridized carbons (Fsp3) is 0.125. The maximum absolute atomic E-state index is 12.2. The lowest BCUT2D eigenvalue weighted by molar-refractivity contribution is 0.102. The normalized spacial score (nSPS) is 10.5. The first kappa shape index (κ1) is 13.9. The van der Waals surface area contributed by atoms with Crippen molar-refractivity contribution in [2.45, 2.75) is 13.8 Å². The molecule has 0 atom stereocenters. The van der Waals surface area contributed by atoms with Gasteiger partial charge in [-0.1, -0.05) is 18.2 Å². The summed E-state index contributed by atoms with van der Waals surface area (Å²) >= 11 is 0. The van der Waals surface area contributed by atoms with E-state index < -0.39 is 0 Å². The van der Waals surface area contributed by atoms with Crippen LogP contribution in [0, 0.1) is 13.8 Å². The standard InChI is InChI=1S/C16H15N5O/c1-11-8-9-15(20-19-11)21-12(2)14(10-17-21)18-16(22)13-6-4-3-5-7-13/h3-10H,1-2H3,(H,18,22). The Labute approximate surface area is 127 Å². The molecule has 3 aromatic rings. The molecule has 0 aliphatic rings. The van der Waals surface area contributed by atoms with Crippen LogP contribution in [0.3, 0.4) is 0 Å². The topological polar surface area (TPSA) is 72.7 Å². The van der Waals surface area contributed by atoms with Gasteiger partial charge < -0.3 is 5.32 Å². The number of nitrogens with zero attached hydrogens (tertiary/aromatic N) is 4. The molecule has 1 N–H and O–H groups in total. The molecule has 6 heteroatoms. The van der Waals surface area contributed by atoms with Crippen molar-refractivity contribution in [3.8, 4) is 5.82 Å². The lowest BCUT2D eigenvalue weighted by Gasteiger charge is -2.06. The Morgan fingerprint density at radius 2 is 1.82 bits per heavy atom. The average molecular weight is 293 g/mol. The Morgan fingerprint density at radius 3 is 2.50 bits per heavy atom. The highest BCUT2D eigenvalue weighted by Crippen LogP contribution is 2.17. The monoisotopic (exact) mass is 293 g/mol. The largest absolute Gasteiger partial charge is 0.319 e. The first-order valence-electron chi connectivity index (χ1n) is 6.87. The second-order valence-electron chi connectivity index (χ2n) is 4.91. The number of benzene rings is 1. The van der Waals surface area contributed by atoms with Crippen LogP contribution in [0.5, 0.6) is 0 Å². The lowest BCUT2D eigenvalue weighted by Crippen LogP contribution is -2.12. The number of carbonyl (C=O) groups excluding carboxylic acids is 1. The number of rotatable bonds is 3. The lowest BCUT2D eigenvalue weighted by atomic mass is 10.2. The number of aromatic nitrogens is 4. The van der Waals surface area contributed by atoms with Crippen molar-refractivity contribution < 1.29 is 4.79 Å². The average Bonchev–Trinajstić information content (AvgIpc) is 2.90.